The molecule has 102 valence electrons. The van der Waals surface area contributed by atoms with Gasteiger partial charge in [0.15, 0.2) is 0 Å². The number of carboxylic acids is 1. The van der Waals surface area contributed by atoms with E-state index in [9.17, 15) is 9.59 Å². The molecular formula is C14H16O4S. The zero-order chi connectivity index (χ0) is 14.4. The minimum Gasteiger partial charge on any atom is -0.477 e. The molecule has 5 heteroatoms. The van der Waals surface area contributed by atoms with Gasteiger partial charge in [-0.05, 0) is 31.1 Å². The molecule has 1 aromatic carbocycles. The van der Waals surface area contributed by atoms with Crippen molar-refractivity contribution in [1.29, 1.82) is 0 Å². The van der Waals surface area contributed by atoms with E-state index in [4.69, 9.17) is 9.84 Å². The van der Waals surface area contributed by atoms with Crippen LogP contribution in [0.4, 0.5) is 0 Å². The van der Waals surface area contributed by atoms with Gasteiger partial charge in [-0.3, -0.25) is 0 Å². The summed E-state index contributed by atoms with van der Waals surface area (Å²) in [5, 5.41) is 9.09. The quantitative estimate of drug-likeness (QED) is 0.286. The highest BCUT2D eigenvalue weighted by atomic mass is 32.1. The Bertz CT molecular complexity index is 508. The predicted octanol–water partition coefficient (Wildman–Crippen LogP) is 2.79. The normalized spacial score (nSPS) is 12.9. The van der Waals surface area contributed by atoms with Crippen LogP contribution < -0.4 is 0 Å². The van der Waals surface area contributed by atoms with E-state index in [0.29, 0.717) is 16.9 Å². The molecule has 0 saturated heterocycles. The Balaban J connectivity index is 3.05. The van der Waals surface area contributed by atoms with Crippen molar-refractivity contribution in [2.75, 3.05) is 0 Å². The monoisotopic (exact) mass is 280 g/mol. The van der Waals surface area contributed by atoms with Crippen molar-refractivity contribution in [2.24, 2.45) is 0 Å². The van der Waals surface area contributed by atoms with Crippen LogP contribution in [0.5, 0.6) is 0 Å². The molecule has 0 aliphatic carbocycles. The van der Waals surface area contributed by atoms with E-state index in [1.165, 1.54) is 6.08 Å². The Morgan fingerprint density at radius 2 is 2.05 bits per heavy atom. The Morgan fingerprint density at radius 1 is 1.42 bits per heavy atom. The number of ether oxygens (including phenoxy) is 1. The van der Waals surface area contributed by atoms with E-state index < -0.39 is 17.5 Å². The van der Waals surface area contributed by atoms with Gasteiger partial charge in [0.25, 0.3) is 0 Å². The van der Waals surface area contributed by atoms with Gasteiger partial charge in [-0.15, -0.1) is 12.6 Å². The van der Waals surface area contributed by atoms with Crippen molar-refractivity contribution in [1.82, 2.24) is 0 Å². The Morgan fingerprint density at radius 3 is 2.58 bits per heavy atom. The van der Waals surface area contributed by atoms with Crippen LogP contribution in [0, 0.1) is 0 Å². The number of thiol groups is 1. The van der Waals surface area contributed by atoms with Gasteiger partial charge in [0.05, 0.1) is 6.10 Å². The average molecular weight is 280 g/mol. The van der Waals surface area contributed by atoms with E-state index in [2.05, 4.69) is 12.6 Å². The molecule has 0 fully saturated rings. The van der Waals surface area contributed by atoms with Gasteiger partial charge in [-0.25, -0.2) is 9.59 Å². The summed E-state index contributed by atoms with van der Waals surface area (Å²) in [6.45, 7) is 3.56. The highest BCUT2D eigenvalue weighted by Crippen LogP contribution is 2.17. The molecule has 19 heavy (non-hydrogen) atoms. The van der Waals surface area contributed by atoms with E-state index in [0.717, 1.165) is 0 Å². The molecule has 0 amide bonds. The highest BCUT2D eigenvalue weighted by Gasteiger charge is 2.21. The predicted molar refractivity (Wildman–Crippen MR) is 75.2 cm³/mol. The van der Waals surface area contributed by atoms with Gasteiger partial charge in [-0.1, -0.05) is 25.1 Å². The van der Waals surface area contributed by atoms with Crippen molar-refractivity contribution in [2.45, 2.75) is 31.3 Å². The largest absolute Gasteiger partial charge is 0.477 e. The second-order valence-corrected chi connectivity index (χ2v) is 4.53. The molecule has 1 atom stereocenters. The summed E-state index contributed by atoms with van der Waals surface area (Å²) in [6, 6.07) is 6.92. The maximum absolute atomic E-state index is 11.8. The SMILES string of the molecule is CCC(C)OC(=O)C(=Cc1ccccc1S)C(=O)O. The van der Waals surface area contributed by atoms with Crippen LogP contribution in [0.2, 0.25) is 0 Å². The zero-order valence-electron chi connectivity index (χ0n) is 10.8. The number of carbonyl (C=O) groups is 2. The van der Waals surface area contributed by atoms with Crippen LogP contribution in [0.1, 0.15) is 25.8 Å². The Hall–Kier alpha value is -1.75. The molecule has 1 N–H and O–H groups in total. The lowest BCUT2D eigenvalue weighted by Crippen LogP contribution is -2.20. The topological polar surface area (TPSA) is 63.6 Å². The maximum atomic E-state index is 11.8. The Kier molecular flexibility index (Phi) is 5.63. The van der Waals surface area contributed by atoms with Gasteiger partial charge in [0, 0.05) is 4.90 Å². The molecule has 0 aliphatic rings. The third-order valence-corrected chi connectivity index (χ3v) is 2.98. The number of rotatable bonds is 5. The molecule has 0 aliphatic heterocycles. The average Bonchev–Trinajstić information content (AvgIpc) is 2.36. The molecular weight excluding hydrogens is 264 g/mol. The number of esters is 1. The summed E-state index contributed by atoms with van der Waals surface area (Å²) in [5.74, 6) is -2.15. The number of aliphatic carboxylic acids is 1. The zero-order valence-corrected chi connectivity index (χ0v) is 11.7. The maximum Gasteiger partial charge on any atom is 0.345 e. The van der Waals surface area contributed by atoms with E-state index in [-0.39, 0.29) is 6.10 Å². The van der Waals surface area contributed by atoms with Crippen LogP contribution in [0.15, 0.2) is 34.7 Å². The summed E-state index contributed by atoms with van der Waals surface area (Å²) in [6.07, 6.45) is 1.58. The number of carbonyl (C=O) groups excluding carboxylic acids is 1. The van der Waals surface area contributed by atoms with Gasteiger partial charge in [-0.2, -0.15) is 0 Å². The van der Waals surface area contributed by atoms with Crippen LogP contribution in [0.25, 0.3) is 6.08 Å². The highest BCUT2D eigenvalue weighted by molar-refractivity contribution is 7.80. The van der Waals surface area contributed by atoms with E-state index in [1.807, 2.05) is 6.92 Å². The summed E-state index contributed by atoms with van der Waals surface area (Å²) >= 11 is 4.21. The Labute approximate surface area is 117 Å². The van der Waals surface area contributed by atoms with E-state index >= 15 is 0 Å². The molecule has 1 aromatic rings. The van der Waals surface area contributed by atoms with Gasteiger partial charge >= 0.3 is 11.9 Å². The van der Waals surface area contributed by atoms with Gasteiger partial charge in [0.2, 0.25) is 0 Å². The lowest BCUT2D eigenvalue weighted by molar-refractivity contribution is -0.147. The first kappa shape index (κ1) is 15.3. The van der Waals surface area contributed by atoms with Crippen LogP contribution >= 0.6 is 12.6 Å². The first-order valence-corrected chi connectivity index (χ1v) is 6.34. The summed E-state index contributed by atoms with van der Waals surface area (Å²) in [7, 11) is 0. The summed E-state index contributed by atoms with van der Waals surface area (Å²) in [5.41, 5.74) is 0.158. The van der Waals surface area contributed by atoms with Crippen molar-refractivity contribution < 1.29 is 19.4 Å². The third kappa shape index (κ3) is 4.44. The van der Waals surface area contributed by atoms with Crippen molar-refractivity contribution in [3.63, 3.8) is 0 Å². The van der Waals surface area contributed by atoms with Crippen LogP contribution in [-0.4, -0.2) is 23.1 Å². The molecule has 0 bridgehead atoms. The van der Waals surface area contributed by atoms with Crippen LogP contribution in [0.3, 0.4) is 0 Å². The smallest absolute Gasteiger partial charge is 0.345 e. The van der Waals surface area contributed by atoms with Crippen molar-refractivity contribution in [3.05, 3.63) is 35.4 Å². The van der Waals surface area contributed by atoms with Gasteiger partial charge < -0.3 is 9.84 Å². The van der Waals surface area contributed by atoms with Gasteiger partial charge in [0.1, 0.15) is 5.57 Å². The first-order valence-electron chi connectivity index (χ1n) is 5.89. The van der Waals surface area contributed by atoms with Crippen molar-refractivity contribution in [3.8, 4) is 0 Å². The molecule has 0 radical (unpaired) electrons. The minimum absolute atomic E-state index is 0.318. The second-order valence-electron chi connectivity index (χ2n) is 4.05. The summed E-state index contributed by atoms with van der Waals surface area (Å²) < 4.78 is 5.02. The van der Waals surface area contributed by atoms with Crippen LogP contribution in [-0.2, 0) is 14.3 Å². The fourth-order valence-corrected chi connectivity index (χ4v) is 1.53. The van der Waals surface area contributed by atoms with E-state index in [1.54, 1.807) is 31.2 Å². The lowest BCUT2D eigenvalue weighted by atomic mass is 10.1. The molecule has 0 spiro atoms. The van der Waals surface area contributed by atoms with Crippen molar-refractivity contribution >= 4 is 30.6 Å². The fraction of sp³-hybridized carbons (Fsp3) is 0.286. The first-order chi connectivity index (χ1) is 8.95. The fourth-order valence-electron chi connectivity index (χ4n) is 1.30. The number of benzene rings is 1. The molecule has 4 nitrogen and oxygen atoms in total. The second kappa shape index (κ2) is 6.99. The third-order valence-electron chi connectivity index (χ3n) is 2.57. The molecule has 1 rings (SSSR count). The summed E-state index contributed by atoms with van der Waals surface area (Å²) in [4.78, 5) is 23.5. The number of carboxylic acid groups (broad SMARTS) is 1. The number of hydrogen-bond donors (Lipinski definition) is 2. The molecule has 0 saturated carbocycles. The molecule has 0 heterocycles. The standard InChI is InChI=1S/C14H16O4S/c1-3-9(2)18-14(17)11(13(15)16)8-10-6-4-5-7-12(10)19/h4-9,19H,3H2,1-2H3,(H,15,16). The molecule has 1 unspecified atom stereocenters. The number of hydrogen-bond acceptors (Lipinski definition) is 4. The minimum atomic E-state index is -1.31. The lowest BCUT2D eigenvalue weighted by Gasteiger charge is -2.11. The molecule has 0 aromatic heterocycles.